The number of aromatic amines is 1. The zero-order chi connectivity index (χ0) is 11.0. The van der Waals surface area contributed by atoms with Gasteiger partial charge >= 0.3 is 5.97 Å². The van der Waals surface area contributed by atoms with Gasteiger partial charge in [-0.25, -0.2) is 14.3 Å². The molecular weight excluding hydrogens is 198 g/mol. The lowest BCUT2D eigenvalue weighted by atomic mass is 10.2. The highest BCUT2D eigenvalue weighted by atomic mass is 16.4. The fourth-order valence-corrected chi connectivity index (χ4v) is 1.54. The van der Waals surface area contributed by atoms with Gasteiger partial charge in [0.25, 0.3) is 5.56 Å². The lowest BCUT2D eigenvalue weighted by molar-refractivity contribution is 0.0694. The average Bonchev–Trinajstić information content (AvgIpc) is 2.55. The molecule has 2 N–H and O–H groups in total. The first-order valence-corrected chi connectivity index (χ1v) is 4.46. The smallest absolute Gasteiger partial charge is 0.339 e. The van der Waals surface area contributed by atoms with Gasteiger partial charge in [0.05, 0.1) is 11.3 Å². The summed E-state index contributed by atoms with van der Waals surface area (Å²) in [4.78, 5) is 25.8. The van der Waals surface area contributed by atoms with Crippen molar-refractivity contribution in [1.29, 1.82) is 0 Å². The Bertz CT molecular complexity index is 582. The third-order valence-electron chi connectivity index (χ3n) is 2.18. The van der Waals surface area contributed by atoms with Crippen molar-refractivity contribution in [3.05, 3.63) is 33.9 Å². The number of hydrogen-bond donors (Lipinski definition) is 2. The van der Waals surface area contributed by atoms with Gasteiger partial charge in [-0.2, -0.15) is 0 Å². The zero-order valence-corrected chi connectivity index (χ0v) is 8.02. The van der Waals surface area contributed by atoms with Crippen LogP contribution in [0, 0.1) is 0 Å². The lowest BCUT2D eigenvalue weighted by Gasteiger charge is -2.05. The molecule has 0 radical (unpaired) electrons. The number of hydrogen-bond acceptors (Lipinski definition) is 3. The number of aryl methyl sites for hydroxylation is 1. The quantitative estimate of drug-likeness (QED) is 0.740. The maximum Gasteiger partial charge on any atom is 0.339 e. The number of carboxylic acid groups (broad SMARTS) is 1. The second-order valence-electron chi connectivity index (χ2n) is 3.09. The van der Waals surface area contributed by atoms with E-state index >= 15 is 0 Å². The van der Waals surface area contributed by atoms with E-state index in [9.17, 15) is 9.59 Å². The fourth-order valence-electron chi connectivity index (χ4n) is 1.54. The number of nitrogens with zero attached hydrogens (tertiary/aromatic N) is 2. The van der Waals surface area contributed by atoms with Gasteiger partial charge in [-0.05, 0) is 6.42 Å². The monoisotopic (exact) mass is 207 g/mol. The van der Waals surface area contributed by atoms with Crippen LogP contribution >= 0.6 is 0 Å². The summed E-state index contributed by atoms with van der Waals surface area (Å²) in [5, 5.41) is 11.4. The minimum atomic E-state index is -1.05. The summed E-state index contributed by atoms with van der Waals surface area (Å²) in [6.07, 6.45) is 1.77. The molecule has 0 saturated carbocycles. The topological polar surface area (TPSA) is 87.5 Å². The molecule has 2 rings (SSSR count). The van der Waals surface area contributed by atoms with E-state index in [1.807, 2.05) is 6.92 Å². The Balaban J connectivity index is 2.86. The molecule has 0 aliphatic rings. The van der Waals surface area contributed by atoms with Gasteiger partial charge in [-0.1, -0.05) is 6.92 Å². The number of aromatic carboxylic acids is 1. The summed E-state index contributed by atoms with van der Waals surface area (Å²) in [6, 6.07) is 1.32. The van der Waals surface area contributed by atoms with E-state index in [1.165, 1.54) is 16.8 Å². The number of carbonyl (C=O) groups is 1. The standard InChI is InChI=1S/C9H9N3O3/c1-2-6-5(9(14)15)4-10-7-3-8(13)11-12(6)7/h3-4H,2H2,1H3,(H,11,13)(H,14,15). The predicted molar refractivity (Wildman–Crippen MR) is 52.2 cm³/mol. The molecule has 0 bridgehead atoms. The molecule has 6 heteroatoms. The van der Waals surface area contributed by atoms with Crippen molar-refractivity contribution in [2.75, 3.05) is 0 Å². The van der Waals surface area contributed by atoms with E-state index in [1.54, 1.807) is 0 Å². The second kappa shape index (κ2) is 3.23. The molecule has 0 aliphatic carbocycles. The summed E-state index contributed by atoms with van der Waals surface area (Å²) in [5.41, 5.74) is 0.785. The van der Waals surface area contributed by atoms with Crippen LogP contribution in [0.15, 0.2) is 17.1 Å². The minimum absolute atomic E-state index is 0.108. The molecule has 0 fully saturated rings. The van der Waals surface area contributed by atoms with Gasteiger partial charge in [-0.3, -0.25) is 9.89 Å². The normalized spacial score (nSPS) is 10.7. The second-order valence-corrected chi connectivity index (χ2v) is 3.09. The highest BCUT2D eigenvalue weighted by molar-refractivity contribution is 5.88. The van der Waals surface area contributed by atoms with Crippen LogP contribution in [0.2, 0.25) is 0 Å². The molecule has 0 saturated heterocycles. The van der Waals surface area contributed by atoms with E-state index in [2.05, 4.69) is 10.1 Å². The molecule has 0 spiro atoms. The van der Waals surface area contributed by atoms with E-state index < -0.39 is 5.97 Å². The van der Waals surface area contributed by atoms with E-state index in [0.717, 1.165) is 0 Å². The molecule has 2 aromatic heterocycles. The Labute approximate surface area is 84.2 Å². The number of rotatable bonds is 2. The minimum Gasteiger partial charge on any atom is -0.478 e. The molecule has 0 atom stereocenters. The average molecular weight is 207 g/mol. The molecule has 2 aromatic rings. The zero-order valence-electron chi connectivity index (χ0n) is 8.02. The van der Waals surface area contributed by atoms with Gasteiger partial charge < -0.3 is 5.11 Å². The summed E-state index contributed by atoms with van der Waals surface area (Å²) in [7, 11) is 0. The van der Waals surface area contributed by atoms with E-state index in [-0.39, 0.29) is 11.1 Å². The number of carboxylic acids is 1. The Morgan fingerprint density at radius 2 is 2.40 bits per heavy atom. The SMILES string of the molecule is CCc1c(C(=O)O)cnc2cc(=O)[nH]n12. The van der Waals surface area contributed by atoms with Crippen LogP contribution in [0.25, 0.3) is 5.65 Å². The molecule has 6 nitrogen and oxygen atoms in total. The Hall–Kier alpha value is -2.11. The fraction of sp³-hybridized carbons (Fsp3) is 0.222. The van der Waals surface area contributed by atoms with Crippen molar-refractivity contribution in [3.63, 3.8) is 0 Å². The van der Waals surface area contributed by atoms with Crippen molar-refractivity contribution >= 4 is 11.6 Å². The number of aromatic nitrogens is 3. The molecule has 2 heterocycles. The first kappa shape index (κ1) is 9.45. The van der Waals surface area contributed by atoms with Crippen molar-refractivity contribution in [1.82, 2.24) is 14.6 Å². The summed E-state index contributed by atoms with van der Waals surface area (Å²) in [5.74, 6) is -1.05. The maximum absolute atomic E-state index is 11.1. The van der Waals surface area contributed by atoms with Crippen molar-refractivity contribution in [2.45, 2.75) is 13.3 Å². The van der Waals surface area contributed by atoms with E-state index in [0.29, 0.717) is 17.8 Å². The highest BCUT2D eigenvalue weighted by Crippen LogP contribution is 2.09. The van der Waals surface area contributed by atoms with Crippen LogP contribution in [0.5, 0.6) is 0 Å². The summed E-state index contributed by atoms with van der Waals surface area (Å²) < 4.78 is 1.41. The molecule has 0 amide bonds. The maximum atomic E-state index is 11.1. The van der Waals surface area contributed by atoms with Gasteiger partial charge in [-0.15, -0.1) is 0 Å². The van der Waals surface area contributed by atoms with Crippen molar-refractivity contribution in [2.24, 2.45) is 0 Å². The Morgan fingerprint density at radius 3 is 3.00 bits per heavy atom. The number of H-pyrrole nitrogens is 1. The largest absolute Gasteiger partial charge is 0.478 e. The third kappa shape index (κ3) is 1.39. The van der Waals surface area contributed by atoms with Gasteiger partial charge in [0.2, 0.25) is 0 Å². The third-order valence-corrected chi connectivity index (χ3v) is 2.18. The molecule has 0 aromatic carbocycles. The van der Waals surface area contributed by atoms with Crippen LogP contribution in [-0.2, 0) is 6.42 Å². The van der Waals surface area contributed by atoms with Crippen LogP contribution in [0.1, 0.15) is 23.0 Å². The van der Waals surface area contributed by atoms with Crippen molar-refractivity contribution < 1.29 is 9.90 Å². The molecular formula is C9H9N3O3. The lowest BCUT2D eigenvalue weighted by Crippen LogP contribution is -2.10. The first-order valence-electron chi connectivity index (χ1n) is 4.46. The van der Waals surface area contributed by atoms with Crippen LogP contribution in [0.4, 0.5) is 0 Å². The van der Waals surface area contributed by atoms with Gasteiger partial charge in [0.15, 0.2) is 5.65 Å². The number of fused-ring (bicyclic) bond motifs is 1. The van der Waals surface area contributed by atoms with E-state index in [4.69, 9.17) is 5.11 Å². The van der Waals surface area contributed by atoms with Crippen LogP contribution < -0.4 is 5.56 Å². The van der Waals surface area contributed by atoms with Crippen LogP contribution in [0.3, 0.4) is 0 Å². The van der Waals surface area contributed by atoms with Crippen LogP contribution in [-0.4, -0.2) is 25.7 Å². The van der Waals surface area contributed by atoms with Gasteiger partial charge in [0.1, 0.15) is 0 Å². The molecule has 0 aliphatic heterocycles. The molecule has 15 heavy (non-hydrogen) atoms. The Kier molecular flexibility index (Phi) is 2.03. The molecule has 0 unspecified atom stereocenters. The molecule has 78 valence electrons. The Morgan fingerprint density at radius 1 is 1.67 bits per heavy atom. The first-order chi connectivity index (χ1) is 7.13. The summed E-state index contributed by atoms with van der Waals surface area (Å²) in [6.45, 7) is 1.82. The predicted octanol–water partition coefficient (Wildman–Crippen LogP) is 0.283. The van der Waals surface area contributed by atoms with Gasteiger partial charge in [0, 0.05) is 12.3 Å². The van der Waals surface area contributed by atoms with Crippen molar-refractivity contribution in [3.8, 4) is 0 Å². The number of nitrogens with one attached hydrogen (secondary N) is 1. The highest BCUT2D eigenvalue weighted by Gasteiger charge is 2.13. The summed E-state index contributed by atoms with van der Waals surface area (Å²) >= 11 is 0.